The molecule has 0 unspecified atom stereocenters. The van der Waals surface area contributed by atoms with Gasteiger partial charge in [-0.1, -0.05) is 35.9 Å². The van der Waals surface area contributed by atoms with Gasteiger partial charge in [-0.05, 0) is 47.5 Å². The van der Waals surface area contributed by atoms with E-state index in [1.165, 1.54) is 19.2 Å². The molecule has 4 atom stereocenters. The zero-order chi connectivity index (χ0) is 27.4. The molecule has 3 aliphatic rings. The lowest BCUT2D eigenvalue weighted by atomic mass is 9.84. The van der Waals surface area contributed by atoms with E-state index in [-0.39, 0.29) is 17.1 Å². The second kappa shape index (κ2) is 9.25. The van der Waals surface area contributed by atoms with Gasteiger partial charge in [-0.2, -0.15) is 0 Å². The minimum absolute atomic E-state index is 0.0286. The van der Waals surface area contributed by atoms with Gasteiger partial charge in [0.1, 0.15) is 17.5 Å². The van der Waals surface area contributed by atoms with E-state index in [1.54, 1.807) is 35.4 Å². The van der Waals surface area contributed by atoms with Crippen LogP contribution >= 0.6 is 11.6 Å². The highest BCUT2D eigenvalue weighted by Gasteiger charge is 2.65. The summed E-state index contributed by atoms with van der Waals surface area (Å²) in [6.45, 7) is 0. The van der Waals surface area contributed by atoms with Gasteiger partial charge < -0.3 is 15.0 Å². The highest BCUT2D eigenvalue weighted by Crippen LogP contribution is 2.54. The predicted molar refractivity (Wildman–Crippen MR) is 143 cm³/mol. The van der Waals surface area contributed by atoms with Gasteiger partial charge in [0.15, 0.2) is 0 Å². The lowest BCUT2D eigenvalue weighted by Crippen LogP contribution is -2.46. The maximum Gasteiger partial charge on any atom is 0.271 e. The van der Waals surface area contributed by atoms with Crippen LogP contribution in [0.1, 0.15) is 17.2 Å². The summed E-state index contributed by atoms with van der Waals surface area (Å²) in [6.07, 6.45) is 3.60. The molecule has 3 heterocycles. The van der Waals surface area contributed by atoms with Crippen LogP contribution in [0, 0.1) is 22.0 Å². The Balaban J connectivity index is 1.46. The Morgan fingerprint density at radius 3 is 2.46 bits per heavy atom. The van der Waals surface area contributed by atoms with Gasteiger partial charge >= 0.3 is 0 Å². The van der Waals surface area contributed by atoms with E-state index in [2.05, 4.69) is 5.32 Å². The second-order valence-corrected chi connectivity index (χ2v) is 9.89. The number of imide groups is 1. The molecule has 2 saturated heterocycles. The fourth-order valence-corrected chi connectivity index (χ4v) is 5.94. The molecule has 0 aromatic heterocycles. The number of anilines is 2. The molecule has 3 amide bonds. The van der Waals surface area contributed by atoms with E-state index in [0.717, 1.165) is 22.1 Å². The zero-order valence-corrected chi connectivity index (χ0v) is 21.2. The van der Waals surface area contributed by atoms with Gasteiger partial charge in [-0.25, -0.2) is 4.90 Å². The smallest absolute Gasteiger partial charge is 0.271 e. The fraction of sp³-hybridized carbons (Fsp3) is 0.179. The lowest BCUT2D eigenvalue weighted by molar-refractivity contribution is -0.384. The molecule has 39 heavy (non-hydrogen) atoms. The molecule has 0 aliphatic carbocycles. The number of methoxy groups -OCH3 is 1. The zero-order valence-electron chi connectivity index (χ0n) is 20.5. The van der Waals surface area contributed by atoms with Gasteiger partial charge in [-0.3, -0.25) is 24.5 Å². The number of hydrogen-bond acceptors (Lipinski definition) is 7. The molecule has 0 saturated carbocycles. The van der Waals surface area contributed by atoms with Crippen molar-refractivity contribution in [3.05, 3.63) is 99.2 Å². The fourth-order valence-electron chi connectivity index (χ4n) is 5.81. The van der Waals surface area contributed by atoms with E-state index in [1.807, 2.05) is 30.3 Å². The molecule has 196 valence electrons. The third-order valence-electron chi connectivity index (χ3n) is 7.46. The van der Waals surface area contributed by atoms with Crippen molar-refractivity contribution in [1.29, 1.82) is 0 Å². The third-order valence-corrected chi connectivity index (χ3v) is 7.71. The van der Waals surface area contributed by atoms with Crippen molar-refractivity contribution in [2.45, 2.75) is 12.1 Å². The molecular weight excluding hydrogens is 524 g/mol. The Bertz CT molecular complexity index is 1570. The van der Waals surface area contributed by atoms with E-state index in [0.29, 0.717) is 10.7 Å². The van der Waals surface area contributed by atoms with Crippen molar-refractivity contribution >= 4 is 52.5 Å². The van der Waals surface area contributed by atoms with Crippen molar-refractivity contribution in [3.8, 4) is 5.75 Å². The summed E-state index contributed by atoms with van der Waals surface area (Å²) in [6, 6.07) is 16.2. The number of nitro benzene ring substituents is 1. The molecule has 0 radical (unpaired) electrons. The maximum atomic E-state index is 14.1. The summed E-state index contributed by atoms with van der Waals surface area (Å²) in [5.74, 6) is -3.47. The van der Waals surface area contributed by atoms with E-state index in [4.69, 9.17) is 16.3 Å². The quantitative estimate of drug-likeness (QED) is 0.287. The Hall–Kier alpha value is -4.70. The molecule has 0 bridgehead atoms. The summed E-state index contributed by atoms with van der Waals surface area (Å²) in [5, 5.41) is 14.8. The standard InChI is InChI=1S/C28H21ClN4O6/c1-39-21-11-10-18(33(37)38)14-20(21)32-27(35)22-23(28(32)36)25(26(34)30-17-8-6-16(29)7-9-17)31-13-12-15-4-2-3-5-19(15)24(22)31/h2-14,22-25H,1H3,(H,30,34)/t22-,23+,24+,25+/m0/s1. The number of fused-ring (bicyclic) bond motifs is 5. The first-order chi connectivity index (χ1) is 18.8. The molecule has 3 aromatic rings. The third kappa shape index (κ3) is 3.83. The van der Waals surface area contributed by atoms with E-state index < -0.39 is 46.6 Å². The number of nitrogens with one attached hydrogen (secondary N) is 1. The minimum atomic E-state index is -1.05. The Kier molecular flexibility index (Phi) is 5.84. The van der Waals surface area contributed by atoms with Gasteiger partial charge in [0, 0.05) is 29.0 Å². The molecule has 2 fully saturated rings. The van der Waals surface area contributed by atoms with Crippen molar-refractivity contribution in [1.82, 2.24) is 4.90 Å². The topological polar surface area (TPSA) is 122 Å². The highest BCUT2D eigenvalue weighted by molar-refractivity contribution is 6.30. The van der Waals surface area contributed by atoms with E-state index >= 15 is 0 Å². The predicted octanol–water partition coefficient (Wildman–Crippen LogP) is 4.41. The van der Waals surface area contributed by atoms with Crippen LogP contribution in [0.3, 0.4) is 0 Å². The normalized spacial score (nSPS) is 22.8. The number of non-ortho nitro benzene ring substituents is 1. The number of benzene rings is 3. The van der Waals surface area contributed by atoms with Crippen molar-refractivity contribution in [2.75, 3.05) is 17.3 Å². The molecule has 6 rings (SSSR count). The maximum absolute atomic E-state index is 14.1. The summed E-state index contributed by atoms with van der Waals surface area (Å²) in [5.41, 5.74) is 1.85. The highest BCUT2D eigenvalue weighted by atomic mass is 35.5. The van der Waals surface area contributed by atoms with Crippen LogP contribution in [0.15, 0.2) is 72.9 Å². The molecule has 3 aliphatic heterocycles. The van der Waals surface area contributed by atoms with Gasteiger partial charge in [0.2, 0.25) is 17.7 Å². The number of nitro groups is 1. The molecule has 3 aromatic carbocycles. The number of carbonyl (C=O) groups excluding carboxylic acids is 3. The Labute approximate surface area is 227 Å². The summed E-state index contributed by atoms with van der Waals surface area (Å²) in [7, 11) is 1.35. The van der Waals surface area contributed by atoms with Crippen LogP contribution in [0.4, 0.5) is 17.1 Å². The first-order valence-corrected chi connectivity index (χ1v) is 12.5. The second-order valence-electron chi connectivity index (χ2n) is 9.45. The molecule has 0 spiro atoms. The first kappa shape index (κ1) is 24.6. The van der Waals surface area contributed by atoms with Crippen LogP contribution in [-0.2, 0) is 14.4 Å². The van der Waals surface area contributed by atoms with Crippen molar-refractivity contribution < 1.29 is 24.0 Å². The molecule has 10 nitrogen and oxygen atoms in total. The van der Waals surface area contributed by atoms with Crippen LogP contribution in [0.25, 0.3) is 6.08 Å². The minimum Gasteiger partial charge on any atom is -0.495 e. The van der Waals surface area contributed by atoms with Crippen LogP contribution in [-0.4, -0.2) is 40.7 Å². The van der Waals surface area contributed by atoms with Gasteiger partial charge in [0.05, 0.1) is 29.9 Å². The molecular formula is C28H21ClN4O6. The Morgan fingerprint density at radius 1 is 1.03 bits per heavy atom. The largest absolute Gasteiger partial charge is 0.495 e. The van der Waals surface area contributed by atoms with Crippen LogP contribution in [0.2, 0.25) is 5.02 Å². The van der Waals surface area contributed by atoms with Crippen LogP contribution < -0.4 is 15.0 Å². The van der Waals surface area contributed by atoms with Crippen molar-refractivity contribution in [3.63, 3.8) is 0 Å². The number of hydrogen-bond donors (Lipinski definition) is 1. The summed E-state index contributed by atoms with van der Waals surface area (Å²) < 4.78 is 5.36. The summed E-state index contributed by atoms with van der Waals surface area (Å²) >= 11 is 5.98. The van der Waals surface area contributed by atoms with E-state index in [9.17, 15) is 24.5 Å². The Morgan fingerprint density at radius 2 is 1.74 bits per heavy atom. The lowest BCUT2D eigenvalue weighted by Gasteiger charge is -2.35. The number of halogens is 1. The number of carbonyl (C=O) groups is 3. The monoisotopic (exact) mass is 544 g/mol. The molecule has 11 heteroatoms. The number of amides is 3. The summed E-state index contributed by atoms with van der Waals surface area (Å²) in [4.78, 5) is 55.4. The first-order valence-electron chi connectivity index (χ1n) is 12.1. The van der Waals surface area contributed by atoms with Crippen molar-refractivity contribution in [2.24, 2.45) is 11.8 Å². The average molecular weight is 545 g/mol. The van der Waals surface area contributed by atoms with Gasteiger partial charge in [-0.15, -0.1) is 0 Å². The number of ether oxygens (including phenoxy) is 1. The molecule has 1 N–H and O–H groups in total. The number of nitrogens with zero attached hydrogens (tertiary/aromatic N) is 3. The number of rotatable bonds is 5. The van der Waals surface area contributed by atoms with Gasteiger partial charge in [0.25, 0.3) is 5.69 Å². The SMILES string of the molecule is COc1ccc([N+](=O)[O-])cc1N1C(=O)[C@@H]2[C@H](C1=O)[C@H]1c3ccccc3C=CN1[C@H]2C(=O)Nc1ccc(Cl)cc1. The van der Waals surface area contributed by atoms with Crippen LogP contribution in [0.5, 0.6) is 5.75 Å². The average Bonchev–Trinajstić information content (AvgIpc) is 3.41.